The van der Waals surface area contributed by atoms with Crippen molar-refractivity contribution in [3.8, 4) is 0 Å². The zero-order chi connectivity index (χ0) is 18.4. The van der Waals surface area contributed by atoms with Crippen molar-refractivity contribution in [2.75, 3.05) is 5.32 Å². The van der Waals surface area contributed by atoms with Crippen molar-refractivity contribution in [1.82, 2.24) is 15.5 Å². The number of hydrogen-bond acceptors (Lipinski definition) is 5. The first-order valence-electron chi connectivity index (χ1n) is 8.21. The Morgan fingerprint density at radius 2 is 1.62 bits per heavy atom. The summed E-state index contributed by atoms with van der Waals surface area (Å²) in [5.41, 5.74) is 2.05. The molecule has 7 heteroatoms. The molecule has 0 aliphatic carbocycles. The number of benzene rings is 2. The molecule has 0 unspecified atom stereocenters. The van der Waals surface area contributed by atoms with Gasteiger partial charge in [0, 0.05) is 17.7 Å². The number of hydrogen-bond donors (Lipinski definition) is 2. The third-order valence-electron chi connectivity index (χ3n) is 3.69. The summed E-state index contributed by atoms with van der Waals surface area (Å²) in [5, 5.41) is 14.9. The first kappa shape index (κ1) is 17.8. The number of carbonyl (C=O) groups is 2. The fourth-order valence-electron chi connectivity index (χ4n) is 2.26. The second kappa shape index (κ2) is 8.35. The molecule has 3 aromatic rings. The summed E-state index contributed by atoms with van der Waals surface area (Å²) >= 11 is 1.37. The molecule has 2 aromatic carbocycles. The normalized spacial score (nSPS) is 10.3. The molecule has 26 heavy (non-hydrogen) atoms. The van der Waals surface area contributed by atoms with E-state index in [0.29, 0.717) is 22.8 Å². The molecule has 2 amide bonds. The smallest absolute Gasteiger partial charge is 0.257 e. The standard InChI is InChI=1S/C19H18N4O2S/c1-2-16-22-23-19(26-16)21-18(25)15-10-8-13(9-11-15)12-20-17(24)14-6-4-3-5-7-14/h3-11H,2,12H2,1H3,(H,20,24)(H,21,23,25). The topological polar surface area (TPSA) is 84.0 Å². The predicted molar refractivity (Wildman–Crippen MR) is 101 cm³/mol. The highest BCUT2D eigenvalue weighted by molar-refractivity contribution is 7.15. The van der Waals surface area contributed by atoms with E-state index >= 15 is 0 Å². The third kappa shape index (κ3) is 4.52. The fourth-order valence-corrected chi connectivity index (χ4v) is 2.94. The number of aryl methyl sites for hydroxylation is 1. The van der Waals surface area contributed by atoms with Crippen molar-refractivity contribution in [1.29, 1.82) is 0 Å². The van der Waals surface area contributed by atoms with Crippen LogP contribution in [0, 0.1) is 0 Å². The number of carbonyl (C=O) groups excluding carboxylic acids is 2. The van der Waals surface area contributed by atoms with Gasteiger partial charge in [-0.1, -0.05) is 48.6 Å². The average molecular weight is 366 g/mol. The van der Waals surface area contributed by atoms with Crippen molar-refractivity contribution >= 4 is 28.3 Å². The predicted octanol–water partition coefficient (Wildman–Crippen LogP) is 3.28. The Kier molecular flexibility index (Phi) is 5.70. The van der Waals surface area contributed by atoms with Gasteiger partial charge in [-0.2, -0.15) is 0 Å². The molecule has 2 N–H and O–H groups in total. The summed E-state index contributed by atoms with van der Waals surface area (Å²) in [6, 6.07) is 16.1. The Hall–Kier alpha value is -3.06. The van der Waals surface area contributed by atoms with Crippen molar-refractivity contribution < 1.29 is 9.59 Å². The molecule has 0 aliphatic heterocycles. The van der Waals surface area contributed by atoms with Crippen LogP contribution in [-0.4, -0.2) is 22.0 Å². The Morgan fingerprint density at radius 3 is 2.27 bits per heavy atom. The van der Waals surface area contributed by atoms with Gasteiger partial charge in [0.2, 0.25) is 5.13 Å². The van der Waals surface area contributed by atoms with E-state index in [1.807, 2.05) is 37.3 Å². The van der Waals surface area contributed by atoms with E-state index in [2.05, 4.69) is 20.8 Å². The Bertz CT molecular complexity index is 891. The zero-order valence-corrected chi connectivity index (χ0v) is 15.0. The van der Waals surface area contributed by atoms with E-state index in [0.717, 1.165) is 17.0 Å². The Balaban J connectivity index is 1.56. The van der Waals surface area contributed by atoms with Gasteiger partial charge in [0.1, 0.15) is 5.01 Å². The molecule has 0 bridgehead atoms. The molecule has 0 saturated heterocycles. The highest BCUT2D eigenvalue weighted by atomic mass is 32.1. The van der Waals surface area contributed by atoms with E-state index in [-0.39, 0.29) is 11.8 Å². The molecule has 0 radical (unpaired) electrons. The lowest BCUT2D eigenvalue weighted by Gasteiger charge is -2.06. The maximum absolute atomic E-state index is 12.2. The summed E-state index contributed by atoms with van der Waals surface area (Å²) in [6.07, 6.45) is 0.789. The van der Waals surface area contributed by atoms with Crippen molar-refractivity contribution in [3.63, 3.8) is 0 Å². The number of anilines is 1. The molecule has 0 spiro atoms. The molecule has 0 aliphatic rings. The molecule has 6 nitrogen and oxygen atoms in total. The van der Waals surface area contributed by atoms with Crippen LogP contribution in [0.2, 0.25) is 0 Å². The molecular weight excluding hydrogens is 348 g/mol. The van der Waals surface area contributed by atoms with E-state index in [9.17, 15) is 9.59 Å². The van der Waals surface area contributed by atoms with Crippen LogP contribution in [-0.2, 0) is 13.0 Å². The number of nitrogens with one attached hydrogen (secondary N) is 2. The van der Waals surface area contributed by atoms with E-state index in [1.54, 1.807) is 24.3 Å². The Labute approximate surface area is 155 Å². The van der Waals surface area contributed by atoms with Gasteiger partial charge in [-0.3, -0.25) is 14.9 Å². The number of rotatable bonds is 6. The highest BCUT2D eigenvalue weighted by Crippen LogP contribution is 2.16. The van der Waals surface area contributed by atoms with Gasteiger partial charge in [-0.05, 0) is 36.2 Å². The molecule has 0 atom stereocenters. The second-order valence-corrected chi connectivity index (χ2v) is 6.62. The van der Waals surface area contributed by atoms with Crippen LogP contribution in [0.4, 0.5) is 5.13 Å². The fraction of sp³-hybridized carbons (Fsp3) is 0.158. The molecule has 1 heterocycles. The van der Waals surface area contributed by atoms with Gasteiger partial charge in [-0.15, -0.1) is 10.2 Å². The number of amides is 2. The van der Waals surface area contributed by atoms with Crippen LogP contribution in [0.3, 0.4) is 0 Å². The number of nitrogens with zero attached hydrogens (tertiary/aromatic N) is 2. The van der Waals surface area contributed by atoms with Crippen LogP contribution >= 0.6 is 11.3 Å². The minimum Gasteiger partial charge on any atom is -0.348 e. The first-order valence-corrected chi connectivity index (χ1v) is 9.03. The van der Waals surface area contributed by atoms with Crippen molar-refractivity contribution in [2.45, 2.75) is 19.9 Å². The van der Waals surface area contributed by atoms with E-state index in [1.165, 1.54) is 11.3 Å². The third-order valence-corrected chi connectivity index (χ3v) is 4.68. The summed E-state index contributed by atoms with van der Waals surface area (Å²) in [4.78, 5) is 24.3. The zero-order valence-electron chi connectivity index (χ0n) is 14.2. The van der Waals surface area contributed by atoms with Crippen LogP contribution in [0.25, 0.3) is 0 Å². The summed E-state index contributed by atoms with van der Waals surface area (Å²) in [7, 11) is 0. The Morgan fingerprint density at radius 1 is 0.923 bits per heavy atom. The molecular formula is C19H18N4O2S. The first-order chi connectivity index (χ1) is 12.7. The molecule has 0 fully saturated rings. The largest absolute Gasteiger partial charge is 0.348 e. The van der Waals surface area contributed by atoms with Crippen LogP contribution in [0.5, 0.6) is 0 Å². The maximum Gasteiger partial charge on any atom is 0.257 e. The van der Waals surface area contributed by atoms with Gasteiger partial charge >= 0.3 is 0 Å². The van der Waals surface area contributed by atoms with E-state index in [4.69, 9.17) is 0 Å². The van der Waals surface area contributed by atoms with Gasteiger partial charge in [0.25, 0.3) is 11.8 Å². The second-order valence-electron chi connectivity index (χ2n) is 5.55. The van der Waals surface area contributed by atoms with Crippen LogP contribution < -0.4 is 10.6 Å². The van der Waals surface area contributed by atoms with Gasteiger partial charge < -0.3 is 5.32 Å². The van der Waals surface area contributed by atoms with Gasteiger partial charge in [-0.25, -0.2) is 0 Å². The highest BCUT2D eigenvalue weighted by Gasteiger charge is 2.10. The number of aromatic nitrogens is 2. The van der Waals surface area contributed by atoms with E-state index < -0.39 is 0 Å². The summed E-state index contributed by atoms with van der Waals surface area (Å²) in [5.74, 6) is -0.362. The van der Waals surface area contributed by atoms with Crippen LogP contribution in [0.1, 0.15) is 38.2 Å². The molecule has 1 aromatic heterocycles. The summed E-state index contributed by atoms with van der Waals surface area (Å²) in [6.45, 7) is 2.38. The van der Waals surface area contributed by atoms with Crippen LogP contribution in [0.15, 0.2) is 54.6 Å². The maximum atomic E-state index is 12.2. The minimum absolute atomic E-state index is 0.129. The lowest BCUT2D eigenvalue weighted by molar-refractivity contribution is 0.0949. The lowest BCUT2D eigenvalue weighted by atomic mass is 10.1. The van der Waals surface area contributed by atoms with Gasteiger partial charge in [0.05, 0.1) is 0 Å². The van der Waals surface area contributed by atoms with Gasteiger partial charge in [0.15, 0.2) is 0 Å². The summed E-state index contributed by atoms with van der Waals surface area (Å²) < 4.78 is 0. The molecule has 3 rings (SSSR count). The monoisotopic (exact) mass is 366 g/mol. The average Bonchev–Trinajstić information content (AvgIpc) is 3.14. The quantitative estimate of drug-likeness (QED) is 0.701. The minimum atomic E-state index is -0.233. The lowest BCUT2D eigenvalue weighted by Crippen LogP contribution is -2.22. The molecule has 0 saturated carbocycles. The van der Waals surface area contributed by atoms with Crippen molar-refractivity contribution in [3.05, 3.63) is 76.3 Å². The SMILES string of the molecule is CCc1nnc(NC(=O)c2ccc(CNC(=O)c3ccccc3)cc2)s1. The molecule has 132 valence electrons. The van der Waals surface area contributed by atoms with Crippen molar-refractivity contribution in [2.24, 2.45) is 0 Å².